The maximum atomic E-state index is 4.77. The molecule has 2 aromatic heterocycles. The van der Waals surface area contributed by atoms with Crippen molar-refractivity contribution in [3.63, 3.8) is 0 Å². The summed E-state index contributed by atoms with van der Waals surface area (Å²) in [5.74, 6) is 2.65. The van der Waals surface area contributed by atoms with E-state index in [2.05, 4.69) is 32.6 Å². The van der Waals surface area contributed by atoms with E-state index < -0.39 is 0 Å². The zero-order chi connectivity index (χ0) is 18.8. The van der Waals surface area contributed by atoms with Gasteiger partial charge in [0, 0.05) is 25.9 Å². The minimum Gasteiger partial charge on any atom is -0.337 e. The number of rotatable bonds is 4. The fraction of sp³-hybridized carbons (Fsp3) is 0.250. The zero-order valence-electron chi connectivity index (χ0n) is 15.4. The van der Waals surface area contributed by atoms with Gasteiger partial charge < -0.3 is 4.90 Å². The van der Waals surface area contributed by atoms with Crippen LogP contribution in [0.1, 0.15) is 17.2 Å². The highest BCUT2D eigenvalue weighted by Crippen LogP contribution is 2.18. The number of hydrogen-bond donors (Lipinski definition) is 0. The van der Waals surface area contributed by atoms with Gasteiger partial charge in [-0.3, -0.25) is 0 Å². The van der Waals surface area contributed by atoms with Crippen molar-refractivity contribution >= 4 is 5.95 Å². The lowest BCUT2D eigenvalue weighted by atomic mass is 10.1. The first-order chi connectivity index (χ1) is 13.9. The highest BCUT2D eigenvalue weighted by molar-refractivity contribution is 5.40. The summed E-state index contributed by atoms with van der Waals surface area (Å²) >= 11 is 0. The lowest BCUT2D eigenvalue weighted by Crippen LogP contribution is -2.29. The van der Waals surface area contributed by atoms with Crippen LogP contribution in [0.3, 0.4) is 0 Å². The second-order valence-electron chi connectivity index (χ2n) is 6.79. The van der Waals surface area contributed by atoms with Gasteiger partial charge in [-0.2, -0.15) is 9.78 Å². The summed E-state index contributed by atoms with van der Waals surface area (Å²) < 4.78 is 3.80. The molecular weight excluding hydrogens is 352 g/mol. The second-order valence-corrected chi connectivity index (χ2v) is 6.79. The average molecular weight is 372 g/mol. The van der Waals surface area contributed by atoms with Gasteiger partial charge in [0.15, 0.2) is 5.82 Å². The molecule has 0 saturated carbocycles. The molecule has 5 rings (SSSR count). The Labute approximate surface area is 162 Å². The van der Waals surface area contributed by atoms with Crippen molar-refractivity contribution in [2.45, 2.75) is 19.4 Å². The van der Waals surface area contributed by atoms with Crippen LogP contribution in [0.25, 0.3) is 5.69 Å². The highest BCUT2D eigenvalue weighted by atomic mass is 15.6. The van der Waals surface area contributed by atoms with Gasteiger partial charge in [0.2, 0.25) is 5.95 Å². The molecule has 3 heterocycles. The van der Waals surface area contributed by atoms with Crippen LogP contribution < -0.4 is 4.90 Å². The Morgan fingerprint density at radius 2 is 1.64 bits per heavy atom. The van der Waals surface area contributed by atoms with E-state index in [0.29, 0.717) is 0 Å². The van der Waals surface area contributed by atoms with Gasteiger partial charge in [-0.05, 0) is 28.1 Å². The summed E-state index contributed by atoms with van der Waals surface area (Å²) in [5.41, 5.74) is 2.18. The van der Waals surface area contributed by atoms with Crippen LogP contribution in [0.2, 0.25) is 0 Å². The van der Waals surface area contributed by atoms with Crippen LogP contribution in [-0.2, 0) is 19.4 Å². The van der Waals surface area contributed by atoms with E-state index in [4.69, 9.17) is 10.1 Å². The van der Waals surface area contributed by atoms with Crippen LogP contribution in [0.15, 0.2) is 60.7 Å². The molecule has 0 N–H and O–H groups in total. The molecule has 4 aromatic rings. The zero-order valence-corrected chi connectivity index (χ0v) is 15.4. The van der Waals surface area contributed by atoms with E-state index in [1.807, 2.05) is 53.2 Å². The van der Waals surface area contributed by atoms with Gasteiger partial charge in [-0.1, -0.05) is 53.6 Å². The summed E-state index contributed by atoms with van der Waals surface area (Å²) in [6.07, 6.45) is 1.57. The fourth-order valence-electron chi connectivity index (χ4n) is 3.52. The van der Waals surface area contributed by atoms with Gasteiger partial charge in [0.05, 0.1) is 12.2 Å². The Morgan fingerprint density at radius 3 is 2.46 bits per heavy atom. The number of hydrogen-bond acceptors (Lipinski definition) is 6. The number of anilines is 1. The Bertz CT molecular complexity index is 1030. The minimum atomic E-state index is 0.751. The van der Waals surface area contributed by atoms with Crippen LogP contribution >= 0.6 is 0 Å². The highest BCUT2D eigenvalue weighted by Gasteiger charge is 2.22. The lowest BCUT2D eigenvalue weighted by Gasteiger charge is -2.20. The summed E-state index contributed by atoms with van der Waals surface area (Å²) in [4.78, 5) is 6.96. The third-order valence-electron chi connectivity index (χ3n) is 4.92. The predicted molar refractivity (Wildman–Crippen MR) is 104 cm³/mol. The van der Waals surface area contributed by atoms with Crippen molar-refractivity contribution in [1.82, 2.24) is 35.0 Å². The van der Waals surface area contributed by atoms with E-state index in [0.717, 1.165) is 55.8 Å². The van der Waals surface area contributed by atoms with Crippen molar-refractivity contribution in [2.24, 2.45) is 0 Å². The van der Waals surface area contributed by atoms with Crippen molar-refractivity contribution < 1.29 is 0 Å². The first-order valence-electron chi connectivity index (χ1n) is 9.42. The van der Waals surface area contributed by atoms with E-state index in [1.165, 1.54) is 5.56 Å². The van der Waals surface area contributed by atoms with E-state index in [9.17, 15) is 0 Å². The topological polar surface area (TPSA) is 77.6 Å². The summed E-state index contributed by atoms with van der Waals surface area (Å²) in [5, 5.41) is 17.0. The molecule has 140 valence electrons. The minimum absolute atomic E-state index is 0.751. The molecule has 0 atom stereocenters. The molecule has 0 fully saturated rings. The van der Waals surface area contributed by atoms with E-state index in [-0.39, 0.29) is 0 Å². The molecule has 8 heteroatoms. The van der Waals surface area contributed by atoms with E-state index in [1.54, 1.807) is 4.68 Å². The van der Waals surface area contributed by atoms with Crippen LogP contribution in [0.4, 0.5) is 5.95 Å². The van der Waals surface area contributed by atoms with Gasteiger partial charge in [0.25, 0.3) is 0 Å². The number of benzene rings is 2. The Morgan fingerprint density at radius 1 is 0.857 bits per heavy atom. The molecule has 0 spiro atoms. The summed E-state index contributed by atoms with van der Waals surface area (Å²) in [6, 6.07) is 20.3. The first kappa shape index (κ1) is 16.6. The third kappa shape index (κ3) is 3.24. The Hall–Kier alpha value is -3.55. The molecule has 0 bridgehead atoms. The molecule has 1 aliphatic rings. The number of fused-ring (bicyclic) bond motifs is 1. The van der Waals surface area contributed by atoms with Crippen LogP contribution in [0, 0.1) is 0 Å². The van der Waals surface area contributed by atoms with Crippen LogP contribution in [0.5, 0.6) is 0 Å². The van der Waals surface area contributed by atoms with Crippen molar-refractivity contribution in [3.05, 3.63) is 77.9 Å². The predicted octanol–water partition coefficient (Wildman–Crippen LogP) is 1.91. The Balaban J connectivity index is 1.33. The maximum absolute atomic E-state index is 4.77. The number of aromatic nitrogens is 7. The molecule has 1 aliphatic heterocycles. The molecule has 8 nitrogen and oxygen atoms in total. The monoisotopic (exact) mass is 372 g/mol. The normalized spacial score (nSPS) is 13.9. The van der Waals surface area contributed by atoms with Gasteiger partial charge in [-0.25, -0.2) is 9.67 Å². The van der Waals surface area contributed by atoms with Gasteiger partial charge >= 0.3 is 0 Å². The SMILES string of the molecule is c1ccc(Cc2nc3n(n2)CCN(c2nnnn2-c2ccccc2)CC3)cc1. The molecule has 0 unspecified atom stereocenters. The molecular formula is C20H20N8. The molecule has 0 saturated heterocycles. The smallest absolute Gasteiger partial charge is 0.250 e. The maximum Gasteiger partial charge on any atom is 0.250 e. The third-order valence-corrected chi connectivity index (χ3v) is 4.92. The van der Waals surface area contributed by atoms with Gasteiger partial charge in [0.1, 0.15) is 5.82 Å². The summed E-state index contributed by atoms with van der Waals surface area (Å²) in [6.45, 7) is 2.35. The second kappa shape index (κ2) is 7.22. The fourth-order valence-corrected chi connectivity index (χ4v) is 3.52. The largest absolute Gasteiger partial charge is 0.337 e. The molecule has 0 aliphatic carbocycles. The van der Waals surface area contributed by atoms with Crippen molar-refractivity contribution in [3.8, 4) is 5.69 Å². The van der Waals surface area contributed by atoms with E-state index >= 15 is 0 Å². The molecule has 2 aromatic carbocycles. The first-order valence-corrected chi connectivity index (χ1v) is 9.42. The average Bonchev–Trinajstić information content (AvgIpc) is 3.33. The number of nitrogens with zero attached hydrogens (tertiary/aromatic N) is 8. The van der Waals surface area contributed by atoms with Crippen LogP contribution in [-0.4, -0.2) is 48.1 Å². The number of tetrazole rings is 1. The summed E-state index contributed by atoms with van der Waals surface area (Å²) in [7, 11) is 0. The molecule has 28 heavy (non-hydrogen) atoms. The molecule has 0 radical (unpaired) electrons. The standard InChI is InChI=1S/C20H20N8/c1-3-7-16(8-4-1)15-18-21-19-11-12-26(13-14-27(19)23-18)20-22-24-25-28(20)17-9-5-2-6-10-17/h1-10H,11-15H2. The number of para-hydroxylation sites is 1. The lowest BCUT2D eigenvalue weighted by molar-refractivity contribution is 0.599. The van der Waals surface area contributed by atoms with Crippen molar-refractivity contribution in [1.29, 1.82) is 0 Å². The Kier molecular flexibility index (Phi) is 4.29. The van der Waals surface area contributed by atoms with Gasteiger partial charge in [-0.15, -0.1) is 0 Å². The quantitative estimate of drug-likeness (QED) is 0.545. The van der Waals surface area contributed by atoms with Crippen molar-refractivity contribution in [2.75, 3.05) is 18.0 Å². The molecule has 0 amide bonds.